The summed E-state index contributed by atoms with van der Waals surface area (Å²) < 4.78 is 0. The average molecular weight is 171 g/mol. The van der Waals surface area contributed by atoms with Gasteiger partial charge in [0.15, 0.2) is 0 Å². The van der Waals surface area contributed by atoms with E-state index in [4.69, 9.17) is 5.73 Å². The Kier molecular flexibility index (Phi) is 9.02. The zero-order valence-corrected chi connectivity index (χ0v) is 8.81. The first kappa shape index (κ1) is 12.0. The average Bonchev–Trinajstić information content (AvgIpc) is 2.09. The van der Waals surface area contributed by atoms with E-state index in [-0.39, 0.29) is 0 Å². The minimum atomic E-state index is 0.864. The molecule has 0 saturated carbocycles. The summed E-state index contributed by atoms with van der Waals surface area (Å²) in [5.74, 6) is 0.933. The van der Waals surface area contributed by atoms with E-state index in [2.05, 4.69) is 13.8 Å². The van der Waals surface area contributed by atoms with Gasteiger partial charge in [-0.1, -0.05) is 52.4 Å². The third kappa shape index (κ3) is 8.06. The molecule has 74 valence electrons. The maximum atomic E-state index is 5.43. The molecule has 0 radical (unpaired) electrons. The Labute approximate surface area is 77.7 Å². The molecule has 2 N–H and O–H groups in total. The van der Waals surface area contributed by atoms with Crippen LogP contribution in [-0.4, -0.2) is 6.54 Å². The van der Waals surface area contributed by atoms with Crippen LogP contribution in [0.15, 0.2) is 0 Å². The number of nitrogens with two attached hydrogens (primary N) is 1. The van der Waals surface area contributed by atoms with Crippen molar-refractivity contribution in [2.75, 3.05) is 6.54 Å². The van der Waals surface area contributed by atoms with Gasteiger partial charge in [-0.05, 0) is 18.9 Å². The Morgan fingerprint density at radius 3 is 2.25 bits per heavy atom. The highest BCUT2D eigenvalue weighted by molar-refractivity contribution is 4.53. The Morgan fingerprint density at radius 1 is 1.00 bits per heavy atom. The molecule has 0 aliphatic carbocycles. The van der Waals surface area contributed by atoms with Gasteiger partial charge in [0.2, 0.25) is 0 Å². The van der Waals surface area contributed by atoms with Crippen LogP contribution >= 0.6 is 0 Å². The lowest BCUT2D eigenvalue weighted by Crippen LogP contribution is -1.99. The maximum absolute atomic E-state index is 5.43. The van der Waals surface area contributed by atoms with Crippen LogP contribution in [0, 0.1) is 5.92 Å². The van der Waals surface area contributed by atoms with Crippen LogP contribution < -0.4 is 5.73 Å². The lowest BCUT2D eigenvalue weighted by Gasteiger charge is -2.09. The van der Waals surface area contributed by atoms with Gasteiger partial charge in [-0.3, -0.25) is 0 Å². The highest BCUT2D eigenvalue weighted by Gasteiger charge is 2.00. The van der Waals surface area contributed by atoms with E-state index >= 15 is 0 Å². The first-order valence-electron chi connectivity index (χ1n) is 5.51. The number of hydrogen-bond acceptors (Lipinski definition) is 1. The van der Waals surface area contributed by atoms with Gasteiger partial charge >= 0.3 is 0 Å². The molecule has 0 aromatic rings. The third-order valence-corrected chi connectivity index (χ3v) is 2.45. The van der Waals surface area contributed by atoms with Crippen molar-refractivity contribution in [3.05, 3.63) is 0 Å². The van der Waals surface area contributed by atoms with Crippen molar-refractivity contribution in [1.82, 2.24) is 0 Å². The molecule has 0 aliphatic rings. The van der Waals surface area contributed by atoms with Crippen molar-refractivity contribution < 1.29 is 0 Å². The molecular weight excluding hydrogens is 146 g/mol. The molecule has 0 amide bonds. The normalized spacial score (nSPS) is 13.2. The van der Waals surface area contributed by atoms with Crippen LogP contribution in [0.3, 0.4) is 0 Å². The SMILES string of the molecule is CCCC[C@H](C)CCCCCN. The fraction of sp³-hybridized carbons (Fsp3) is 1.00. The summed E-state index contributed by atoms with van der Waals surface area (Å²) in [7, 11) is 0. The van der Waals surface area contributed by atoms with E-state index in [1.807, 2.05) is 0 Å². The molecule has 12 heavy (non-hydrogen) atoms. The zero-order valence-electron chi connectivity index (χ0n) is 8.81. The van der Waals surface area contributed by atoms with Gasteiger partial charge in [0, 0.05) is 0 Å². The molecule has 0 spiro atoms. The monoisotopic (exact) mass is 171 g/mol. The maximum Gasteiger partial charge on any atom is -0.00773 e. The quantitative estimate of drug-likeness (QED) is 0.557. The Balaban J connectivity index is 3.02. The number of rotatable bonds is 8. The van der Waals surface area contributed by atoms with Crippen LogP contribution in [0.25, 0.3) is 0 Å². The van der Waals surface area contributed by atoms with Crippen molar-refractivity contribution >= 4 is 0 Å². The van der Waals surface area contributed by atoms with E-state index in [0.717, 1.165) is 12.5 Å². The molecular formula is C11H25N. The summed E-state index contributed by atoms with van der Waals surface area (Å²) in [6, 6.07) is 0. The highest BCUT2D eigenvalue weighted by atomic mass is 14.5. The molecule has 0 unspecified atom stereocenters. The van der Waals surface area contributed by atoms with E-state index in [1.54, 1.807) is 0 Å². The summed E-state index contributed by atoms with van der Waals surface area (Å²) in [4.78, 5) is 0. The van der Waals surface area contributed by atoms with Gasteiger partial charge in [-0.2, -0.15) is 0 Å². The summed E-state index contributed by atoms with van der Waals surface area (Å²) in [6.45, 7) is 5.50. The van der Waals surface area contributed by atoms with Crippen molar-refractivity contribution in [3.63, 3.8) is 0 Å². The molecule has 0 bridgehead atoms. The van der Waals surface area contributed by atoms with Crippen molar-refractivity contribution in [3.8, 4) is 0 Å². The standard InChI is InChI=1S/C11H25N/c1-3-4-8-11(2)9-6-5-7-10-12/h11H,3-10,12H2,1-2H3/t11-/m0/s1. The Morgan fingerprint density at radius 2 is 1.67 bits per heavy atom. The van der Waals surface area contributed by atoms with E-state index in [9.17, 15) is 0 Å². The first-order valence-corrected chi connectivity index (χ1v) is 5.51. The van der Waals surface area contributed by atoms with Crippen LogP contribution in [-0.2, 0) is 0 Å². The molecule has 1 heteroatoms. The van der Waals surface area contributed by atoms with Crippen LogP contribution in [0.5, 0.6) is 0 Å². The second-order valence-corrected chi connectivity index (χ2v) is 3.89. The van der Waals surface area contributed by atoms with E-state index < -0.39 is 0 Å². The van der Waals surface area contributed by atoms with Crippen LogP contribution in [0.1, 0.15) is 58.8 Å². The minimum absolute atomic E-state index is 0.864. The highest BCUT2D eigenvalue weighted by Crippen LogP contribution is 2.15. The topological polar surface area (TPSA) is 26.0 Å². The summed E-state index contributed by atoms with van der Waals surface area (Å²) in [5.41, 5.74) is 5.43. The fourth-order valence-corrected chi connectivity index (χ4v) is 1.51. The summed E-state index contributed by atoms with van der Waals surface area (Å²) >= 11 is 0. The second kappa shape index (κ2) is 9.05. The molecule has 0 rings (SSSR count). The predicted molar refractivity (Wildman–Crippen MR) is 56.2 cm³/mol. The molecule has 0 saturated heterocycles. The smallest absolute Gasteiger partial charge is 0.00773 e. The molecule has 0 heterocycles. The molecule has 0 aromatic carbocycles. The van der Waals surface area contributed by atoms with Gasteiger partial charge in [-0.15, -0.1) is 0 Å². The third-order valence-electron chi connectivity index (χ3n) is 2.45. The van der Waals surface area contributed by atoms with E-state index in [0.29, 0.717) is 0 Å². The van der Waals surface area contributed by atoms with Gasteiger partial charge in [0.1, 0.15) is 0 Å². The Bertz CT molecular complexity index is 81.1. The van der Waals surface area contributed by atoms with Crippen LogP contribution in [0.2, 0.25) is 0 Å². The molecule has 0 aliphatic heterocycles. The minimum Gasteiger partial charge on any atom is -0.330 e. The second-order valence-electron chi connectivity index (χ2n) is 3.89. The first-order chi connectivity index (χ1) is 5.81. The summed E-state index contributed by atoms with van der Waals surface area (Å²) in [5, 5.41) is 0. The van der Waals surface area contributed by atoms with Gasteiger partial charge < -0.3 is 5.73 Å². The van der Waals surface area contributed by atoms with Crippen LogP contribution in [0.4, 0.5) is 0 Å². The van der Waals surface area contributed by atoms with Gasteiger partial charge in [-0.25, -0.2) is 0 Å². The van der Waals surface area contributed by atoms with Crippen molar-refractivity contribution in [2.24, 2.45) is 11.7 Å². The summed E-state index contributed by atoms with van der Waals surface area (Å²) in [6.07, 6.45) is 9.47. The Hall–Kier alpha value is -0.0400. The number of hydrogen-bond donors (Lipinski definition) is 1. The lowest BCUT2D eigenvalue weighted by atomic mass is 9.97. The van der Waals surface area contributed by atoms with Crippen molar-refractivity contribution in [1.29, 1.82) is 0 Å². The fourth-order valence-electron chi connectivity index (χ4n) is 1.51. The van der Waals surface area contributed by atoms with Crippen molar-refractivity contribution in [2.45, 2.75) is 58.8 Å². The molecule has 0 aromatic heterocycles. The number of unbranched alkanes of at least 4 members (excludes halogenated alkanes) is 3. The zero-order chi connectivity index (χ0) is 9.23. The van der Waals surface area contributed by atoms with Gasteiger partial charge in [0.25, 0.3) is 0 Å². The van der Waals surface area contributed by atoms with E-state index in [1.165, 1.54) is 44.9 Å². The van der Waals surface area contributed by atoms with Gasteiger partial charge in [0.05, 0.1) is 0 Å². The molecule has 1 atom stereocenters. The molecule has 0 fully saturated rings. The predicted octanol–water partition coefficient (Wildman–Crippen LogP) is 3.33. The largest absolute Gasteiger partial charge is 0.330 e. The lowest BCUT2D eigenvalue weighted by molar-refractivity contribution is 0.446. The molecule has 1 nitrogen and oxygen atoms in total.